The molecule has 5 nitrogen and oxygen atoms in total. The van der Waals surface area contributed by atoms with Gasteiger partial charge >= 0.3 is 0 Å². The second-order valence-corrected chi connectivity index (χ2v) is 10.3. The van der Waals surface area contributed by atoms with Crippen LogP contribution in [0.3, 0.4) is 0 Å². The zero-order valence-electron chi connectivity index (χ0n) is 17.9. The summed E-state index contributed by atoms with van der Waals surface area (Å²) in [5.74, 6) is 0. The summed E-state index contributed by atoms with van der Waals surface area (Å²) in [6, 6.07) is 8.21. The number of para-hydroxylation sites is 1. The Hall–Kier alpha value is -1.41. The number of anilines is 1. The number of allylic oxidation sites excluding steroid dienone is 2. The van der Waals surface area contributed by atoms with Gasteiger partial charge < -0.3 is 4.90 Å². The van der Waals surface area contributed by atoms with Gasteiger partial charge in [-0.15, -0.1) is 10.5 Å². The lowest BCUT2D eigenvalue weighted by Crippen LogP contribution is -2.51. The predicted octanol–water partition coefficient (Wildman–Crippen LogP) is 4.01. The third kappa shape index (κ3) is 3.30. The Bertz CT molecular complexity index is 978. The van der Waals surface area contributed by atoms with Crippen LogP contribution in [0.15, 0.2) is 58.7 Å². The van der Waals surface area contributed by atoms with Crippen molar-refractivity contribution in [2.75, 3.05) is 44.1 Å². The van der Waals surface area contributed by atoms with Gasteiger partial charge in [0.2, 0.25) is 0 Å². The number of rotatable bonds is 5. The minimum absolute atomic E-state index is 0.103. The van der Waals surface area contributed by atoms with Crippen LogP contribution < -0.4 is 10.3 Å². The van der Waals surface area contributed by atoms with Gasteiger partial charge in [0.1, 0.15) is 6.17 Å². The standard InChI is InChI=1S/C23H30ClN5S/c1-4-26(5-2)16-29-22-14-27(20-11-7-6-10-19(20)24)13-18-17-9-8-12-21(17)30(3)23(18)28(22)15-25-29/h6-8,10-13,22,25H,4-5,9,14-16H2,1-3H3. The van der Waals surface area contributed by atoms with Crippen molar-refractivity contribution in [3.05, 3.63) is 63.7 Å². The molecule has 1 fully saturated rings. The van der Waals surface area contributed by atoms with Gasteiger partial charge in [-0.05, 0) is 43.5 Å². The molecule has 3 heterocycles. The molecule has 160 valence electrons. The van der Waals surface area contributed by atoms with Gasteiger partial charge in [-0.1, -0.05) is 49.7 Å². The van der Waals surface area contributed by atoms with Crippen molar-refractivity contribution < 1.29 is 0 Å². The second kappa shape index (κ2) is 8.26. The quantitative estimate of drug-likeness (QED) is 0.693. The van der Waals surface area contributed by atoms with Crippen molar-refractivity contribution in [2.45, 2.75) is 26.4 Å². The van der Waals surface area contributed by atoms with Crippen LogP contribution in [0.25, 0.3) is 0 Å². The van der Waals surface area contributed by atoms with Gasteiger partial charge in [0, 0.05) is 16.7 Å². The number of halogens is 1. The van der Waals surface area contributed by atoms with Crippen LogP contribution in [0, 0.1) is 0 Å². The van der Waals surface area contributed by atoms with Crippen molar-refractivity contribution in [1.82, 2.24) is 20.2 Å². The Morgan fingerprint density at radius 1 is 1.23 bits per heavy atom. The highest BCUT2D eigenvalue weighted by Gasteiger charge is 2.43. The molecule has 30 heavy (non-hydrogen) atoms. The first kappa shape index (κ1) is 20.5. The lowest BCUT2D eigenvalue weighted by molar-refractivity contribution is 0.0747. The highest BCUT2D eigenvalue weighted by Crippen LogP contribution is 2.48. The average molecular weight is 444 g/mol. The van der Waals surface area contributed by atoms with Gasteiger partial charge in [-0.2, -0.15) is 0 Å². The van der Waals surface area contributed by atoms with Crippen molar-refractivity contribution in [3.63, 3.8) is 0 Å². The molecule has 5 rings (SSSR count). The molecule has 1 saturated heterocycles. The minimum Gasteiger partial charge on any atom is -0.343 e. The van der Waals surface area contributed by atoms with Gasteiger partial charge in [0.05, 0.1) is 35.6 Å². The molecule has 1 aromatic rings. The van der Waals surface area contributed by atoms with Crippen molar-refractivity contribution in [3.8, 4) is 0 Å². The number of fused-ring (bicyclic) bond motifs is 4. The van der Waals surface area contributed by atoms with E-state index >= 15 is 0 Å². The Morgan fingerprint density at radius 2 is 2.03 bits per heavy atom. The van der Waals surface area contributed by atoms with E-state index < -0.39 is 0 Å². The molecule has 2 unspecified atom stereocenters. The number of hydrazine groups is 1. The number of hydrogen-bond donors (Lipinski definition) is 1. The predicted molar refractivity (Wildman–Crippen MR) is 129 cm³/mol. The minimum atomic E-state index is 0.103. The topological polar surface area (TPSA) is 25.0 Å². The summed E-state index contributed by atoms with van der Waals surface area (Å²) >= 11 is 6.65. The number of benzene rings is 1. The number of nitrogens with zero attached hydrogens (tertiary/aromatic N) is 4. The average Bonchev–Trinajstić information content (AvgIpc) is 3.41. The molecule has 0 bridgehead atoms. The van der Waals surface area contributed by atoms with Gasteiger partial charge in [-0.3, -0.25) is 4.90 Å². The van der Waals surface area contributed by atoms with Crippen LogP contribution in [0.5, 0.6) is 0 Å². The van der Waals surface area contributed by atoms with E-state index in [1.807, 2.05) is 12.1 Å². The zero-order chi connectivity index (χ0) is 20.8. The Morgan fingerprint density at radius 3 is 2.80 bits per heavy atom. The van der Waals surface area contributed by atoms with E-state index in [0.717, 1.165) is 50.1 Å². The van der Waals surface area contributed by atoms with E-state index in [-0.39, 0.29) is 16.6 Å². The van der Waals surface area contributed by atoms with E-state index in [1.165, 1.54) is 21.0 Å². The normalized spacial score (nSPS) is 26.4. The van der Waals surface area contributed by atoms with E-state index in [2.05, 4.69) is 75.7 Å². The highest BCUT2D eigenvalue weighted by molar-refractivity contribution is 8.19. The van der Waals surface area contributed by atoms with Crippen LogP contribution in [0.4, 0.5) is 5.69 Å². The van der Waals surface area contributed by atoms with E-state index in [1.54, 1.807) is 0 Å². The fraction of sp³-hybridized carbons (Fsp3) is 0.435. The first-order valence-electron chi connectivity index (χ1n) is 10.8. The van der Waals surface area contributed by atoms with Crippen LogP contribution in [0.2, 0.25) is 5.02 Å². The second-order valence-electron chi connectivity index (χ2n) is 8.09. The highest BCUT2D eigenvalue weighted by atomic mass is 35.5. The maximum absolute atomic E-state index is 6.65. The molecule has 1 aromatic carbocycles. The molecule has 0 aromatic heterocycles. The fourth-order valence-corrected chi connectivity index (χ4v) is 7.21. The monoisotopic (exact) mass is 443 g/mol. The first-order chi connectivity index (χ1) is 14.6. The molecule has 0 saturated carbocycles. The zero-order valence-corrected chi connectivity index (χ0v) is 19.5. The van der Waals surface area contributed by atoms with Crippen LogP contribution in [-0.2, 0) is 0 Å². The molecule has 2 atom stereocenters. The summed E-state index contributed by atoms with van der Waals surface area (Å²) in [7, 11) is 0.103. The van der Waals surface area contributed by atoms with E-state index in [4.69, 9.17) is 11.6 Å². The lowest BCUT2D eigenvalue weighted by Gasteiger charge is -2.34. The summed E-state index contributed by atoms with van der Waals surface area (Å²) in [6.07, 6.45) is 10.7. The number of hydrogen-bond acceptors (Lipinski definition) is 5. The third-order valence-electron chi connectivity index (χ3n) is 6.54. The van der Waals surface area contributed by atoms with E-state index in [0.29, 0.717) is 0 Å². The Balaban J connectivity index is 1.58. The van der Waals surface area contributed by atoms with E-state index in [9.17, 15) is 0 Å². The van der Waals surface area contributed by atoms with Gasteiger partial charge in [0.25, 0.3) is 0 Å². The van der Waals surface area contributed by atoms with Crippen LogP contribution >= 0.6 is 22.1 Å². The van der Waals surface area contributed by atoms with Crippen LogP contribution in [-0.4, -0.2) is 65.2 Å². The molecular weight excluding hydrogens is 414 g/mol. The first-order valence-corrected chi connectivity index (χ1v) is 12.8. The smallest absolute Gasteiger partial charge is 0.101 e. The van der Waals surface area contributed by atoms with Crippen molar-refractivity contribution in [1.29, 1.82) is 0 Å². The summed E-state index contributed by atoms with van der Waals surface area (Å²) < 4.78 is 0. The summed E-state index contributed by atoms with van der Waals surface area (Å²) in [5, 5.41) is 3.22. The largest absolute Gasteiger partial charge is 0.343 e. The third-order valence-corrected chi connectivity index (χ3v) is 8.94. The number of nitrogens with one attached hydrogen (secondary N) is 1. The van der Waals surface area contributed by atoms with Crippen LogP contribution in [0.1, 0.15) is 20.3 Å². The molecule has 1 N–H and O–H groups in total. The molecule has 0 radical (unpaired) electrons. The van der Waals surface area contributed by atoms with Gasteiger partial charge in [0.15, 0.2) is 0 Å². The summed E-state index contributed by atoms with van der Waals surface area (Å²) in [5.41, 5.74) is 7.66. The van der Waals surface area contributed by atoms with Crippen molar-refractivity contribution in [2.24, 2.45) is 0 Å². The summed E-state index contributed by atoms with van der Waals surface area (Å²) in [6.45, 7) is 9.21. The maximum Gasteiger partial charge on any atom is 0.101 e. The Kier molecular flexibility index (Phi) is 5.64. The molecule has 0 spiro atoms. The molecule has 7 heteroatoms. The molecule has 0 amide bonds. The molecule has 1 aliphatic carbocycles. The maximum atomic E-state index is 6.65. The molecular formula is C23H30ClN5S. The van der Waals surface area contributed by atoms with Crippen molar-refractivity contribution >= 4 is 32.8 Å². The fourth-order valence-electron chi connectivity index (χ4n) is 4.85. The molecule has 3 aliphatic heterocycles. The lowest BCUT2D eigenvalue weighted by atomic mass is 10.1. The Labute approximate surface area is 187 Å². The van der Waals surface area contributed by atoms with Gasteiger partial charge in [-0.25, -0.2) is 15.3 Å². The molecule has 4 aliphatic rings. The summed E-state index contributed by atoms with van der Waals surface area (Å²) in [4.78, 5) is 10.4. The SMILES string of the molecule is CCN(CC)CN1NCN2C3=S(C)C4=C(CC=C4)C3=CN(c3ccccc3Cl)CC12.